The van der Waals surface area contributed by atoms with Crippen molar-refractivity contribution in [1.29, 1.82) is 5.26 Å². The largest absolute Gasteiger partial charge is 0.444 e. The molecule has 150 valence electrons. The van der Waals surface area contributed by atoms with Gasteiger partial charge in [-0.15, -0.1) is 0 Å². The summed E-state index contributed by atoms with van der Waals surface area (Å²) in [6, 6.07) is 29.6. The van der Waals surface area contributed by atoms with E-state index >= 15 is 0 Å². The van der Waals surface area contributed by atoms with Crippen molar-refractivity contribution in [2.45, 2.75) is 24.9 Å². The van der Waals surface area contributed by atoms with Crippen molar-refractivity contribution in [3.8, 4) is 6.07 Å². The second-order valence-electron chi connectivity index (χ2n) is 7.37. The Morgan fingerprint density at radius 3 is 1.90 bits per heavy atom. The van der Waals surface area contributed by atoms with E-state index < -0.39 is 24.6 Å². The zero-order valence-electron chi connectivity index (χ0n) is 16.5. The number of nitrogens with zero attached hydrogens (tertiary/aromatic N) is 2. The third-order valence-corrected chi connectivity index (χ3v) is 8.99. The highest BCUT2D eigenvalue weighted by Gasteiger charge is 2.71. The molecule has 5 nitrogen and oxygen atoms in total. The van der Waals surface area contributed by atoms with Gasteiger partial charge in [0.25, 0.3) is 0 Å². The van der Waals surface area contributed by atoms with Crippen LogP contribution in [0.5, 0.6) is 0 Å². The second kappa shape index (κ2) is 7.82. The number of amides is 1. The first kappa shape index (κ1) is 19.9. The lowest BCUT2D eigenvalue weighted by atomic mass is 10.2. The van der Waals surface area contributed by atoms with Crippen molar-refractivity contribution in [3.05, 3.63) is 96.6 Å². The van der Waals surface area contributed by atoms with Crippen LogP contribution in [0.15, 0.2) is 91.0 Å². The van der Waals surface area contributed by atoms with Gasteiger partial charge < -0.3 is 9.30 Å². The maximum absolute atomic E-state index is 14.5. The lowest BCUT2D eigenvalue weighted by Gasteiger charge is -2.19. The molecule has 4 rings (SSSR count). The maximum Gasteiger partial charge on any atom is 0.412 e. The molecule has 0 unspecified atom stereocenters. The first-order chi connectivity index (χ1) is 14.5. The molecular formula is C24H21N2O3P. The molecule has 2 atom stereocenters. The minimum absolute atomic E-state index is 0.0887. The number of nitriles is 1. The van der Waals surface area contributed by atoms with Gasteiger partial charge in [-0.05, 0) is 12.5 Å². The summed E-state index contributed by atoms with van der Waals surface area (Å²) >= 11 is 0. The molecule has 1 aliphatic rings. The normalized spacial score (nSPS) is 20.3. The van der Waals surface area contributed by atoms with Crippen LogP contribution in [0.25, 0.3) is 0 Å². The highest BCUT2D eigenvalue weighted by Crippen LogP contribution is 2.64. The highest BCUT2D eigenvalue weighted by atomic mass is 31.2. The Kier molecular flexibility index (Phi) is 5.20. The summed E-state index contributed by atoms with van der Waals surface area (Å²) in [6.45, 7) is 1.73. The first-order valence-electron chi connectivity index (χ1n) is 9.64. The lowest BCUT2D eigenvalue weighted by molar-refractivity contribution is 0.120. The third-order valence-electron chi connectivity index (χ3n) is 5.43. The van der Waals surface area contributed by atoms with Crippen molar-refractivity contribution >= 4 is 23.8 Å². The lowest BCUT2D eigenvalue weighted by Crippen LogP contribution is -2.24. The molecule has 1 saturated heterocycles. The topological polar surface area (TPSA) is 70.2 Å². The molecule has 6 heteroatoms. The Bertz CT molecular complexity index is 1090. The summed E-state index contributed by atoms with van der Waals surface area (Å²) in [5.74, 6) is -0.789. The van der Waals surface area contributed by atoms with E-state index in [1.165, 1.54) is 4.90 Å². The fourth-order valence-electron chi connectivity index (χ4n) is 3.81. The Morgan fingerprint density at radius 1 is 0.967 bits per heavy atom. The third kappa shape index (κ3) is 3.30. The Hall–Kier alpha value is -3.35. The van der Waals surface area contributed by atoms with Crippen LogP contribution in [0, 0.1) is 11.3 Å². The highest BCUT2D eigenvalue weighted by molar-refractivity contribution is 7.79. The molecular weight excluding hydrogens is 395 g/mol. The summed E-state index contributed by atoms with van der Waals surface area (Å²) in [5, 5.41) is 11.1. The molecule has 0 bridgehead atoms. The number of rotatable bonds is 5. The zero-order valence-corrected chi connectivity index (χ0v) is 17.4. The van der Waals surface area contributed by atoms with E-state index in [4.69, 9.17) is 4.74 Å². The quantitative estimate of drug-likeness (QED) is 0.460. The summed E-state index contributed by atoms with van der Waals surface area (Å²) in [6.07, 6.45) is -0.639. The van der Waals surface area contributed by atoms with E-state index in [2.05, 4.69) is 6.07 Å². The van der Waals surface area contributed by atoms with Crippen molar-refractivity contribution in [1.82, 2.24) is 4.90 Å². The number of benzene rings is 3. The van der Waals surface area contributed by atoms with Crippen LogP contribution in [0.2, 0.25) is 0 Å². The molecule has 0 aliphatic carbocycles. The van der Waals surface area contributed by atoms with E-state index in [1.807, 2.05) is 66.7 Å². The molecule has 30 heavy (non-hydrogen) atoms. The Morgan fingerprint density at radius 2 is 1.43 bits per heavy atom. The molecule has 0 N–H and O–H groups in total. The van der Waals surface area contributed by atoms with Crippen molar-refractivity contribution in [2.24, 2.45) is 0 Å². The molecule has 1 aliphatic heterocycles. The maximum atomic E-state index is 14.5. The van der Waals surface area contributed by atoms with Gasteiger partial charge in [-0.25, -0.2) is 4.79 Å². The average molecular weight is 416 g/mol. The minimum atomic E-state index is -3.33. The predicted molar refractivity (Wildman–Crippen MR) is 116 cm³/mol. The number of ether oxygens (including phenoxy) is 1. The van der Waals surface area contributed by atoms with Gasteiger partial charge in [0.1, 0.15) is 12.4 Å². The number of hydrogen-bond acceptors (Lipinski definition) is 4. The molecule has 3 aromatic carbocycles. The molecule has 0 saturated carbocycles. The fraction of sp³-hybridized carbons (Fsp3) is 0.167. The summed E-state index contributed by atoms with van der Waals surface area (Å²) in [4.78, 5) is 14.2. The second-order valence-corrected chi connectivity index (χ2v) is 10.2. The van der Waals surface area contributed by atoms with Crippen molar-refractivity contribution < 1.29 is 14.1 Å². The van der Waals surface area contributed by atoms with Gasteiger partial charge in [-0.2, -0.15) is 5.26 Å². The van der Waals surface area contributed by atoms with Gasteiger partial charge in [0.05, 0.1) is 6.07 Å². The van der Waals surface area contributed by atoms with Gasteiger partial charge in [-0.1, -0.05) is 91.0 Å². The van der Waals surface area contributed by atoms with Crippen molar-refractivity contribution in [3.63, 3.8) is 0 Å². The number of carbonyl (C=O) groups is 1. The minimum Gasteiger partial charge on any atom is -0.444 e. The first-order valence-corrected chi connectivity index (χ1v) is 11.4. The monoisotopic (exact) mass is 416 g/mol. The van der Waals surface area contributed by atoms with E-state index in [9.17, 15) is 14.6 Å². The van der Waals surface area contributed by atoms with Crippen LogP contribution < -0.4 is 10.6 Å². The molecule has 0 radical (unpaired) electrons. The van der Waals surface area contributed by atoms with Crippen LogP contribution in [0.1, 0.15) is 12.5 Å². The Balaban J connectivity index is 1.69. The van der Waals surface area contributed by atoms with Crippen LogP contribution >= 0.6 is 7.14 Å². The predicted octanol–water partition coefficient (Wildman–Crippen LogP) is 4.26. The molecule has 1 fully saturated rings. The molecule has 3 aromatic rings. The van der Waals surface area contributed by atoms with Gasteiger partial charge in [0.2, 0.25) is 0 Å². The summed E-state index contributed by atoms with van der Waals surface area (Å²) in [5.41, 5.74) is -0.369. The SMILES string of the molecule is C[C@]1(C#N)[C@H](P(=O)(c2ccccc2)c2ccccc2)N1C(=O)OCc1ccccc1. The zero-order chi connectivity index (χ0) is 21.2. The van der Waals surface area contributed by atoms with E-state index in [0.717, 1.165) is 5.56 Å². The van der Waals surface area contributed by atoms with Crippen LogP contribution in [0.4, 0.5) is 4.79 Å². The van der Waals surface area contributed by atoms with Crippen molar-refractivity contribution in [2.75, 3.05) is 0 Å². The smallest absolute Gasteiger partial charge is 0.412 e. The van der Waals surface area contributed by atoms with Crippen LogP contribution in [-0.2, 0) is 15.9 Å². The molecule has 1 amide bonds. The van der Waals surface area contributed by atoms with Gasteiger partial charge in [-0.3, -0.25) is 4.90 Å². The molecule has 1 heterocycles. The van der Waals surface area contributed by atoms with E-state index in [-0.39, 0.29) is 6.61 Å². The van der Waals surface area contributed by atoms with E-state index in [0.29, 0.717) is 10.6 Å². The van der Waals surface area contributed by atoms with Gasteiger partial charge in [0, 0.05) is 10.6 Å². The van der Waals surface area contributed by atoms with Gasteiger partial charge >= 0.3 is 6.09 Å². The van der Waals surface area contributed by atoms with Crippen LogP contribution in [0.3, 0.4) is 0 Å². The summed E-state index contributed by atoms with van der Waals surface area (Å²) in [7, 11) is -3.33. The van der Waals surface area contributed by atoms with Crippen LogP contribution in [-0.4, -0.2) is 22.3 Å². The molecule has 0 spiro atoms. The van der Waals surface area contributed by atoms with Gasteiger partial charge in [0.15, 0.2) is 12.7 Å². The number of carbonyl (C=O) groups excluding carboxylic acids is 1. The number of hydrogen-bond donors (Lipinski definition) is 0. The summed E-state index contributed by atoms with van der Waals surface area (Å²) < 4.78 is 20.0. The Labute approximate surface area is 175 Å². The molecule has 0 aromatic heterocycles. The van der Waals surface area contributed by atoms with E-state index in [1.54, 1.807) is 31.2 Å². The standard InChI is InChI=1S/C24H21N2O3P/c1-24(18-25)22(26(24)23(27)29-17-19-11-5-2-6-12-19)30(28,20-13-7-3-8-14-20)21-15-9-4-10-16-21/h2-16,22H,17H2,1H3/t22-,24-,26?/m0/s1. The fourth-order valence-corrected chi connectivity index (χ4v) is 7.38. The average Bonchev–Trinajstić information content (AvgIpc) is 3.45.